The minimum absolute atomic E-state index is 0.0363. The second-order valence-electron chi connectivity index (χ2n) is 8.90. The van der Waals surface area contributed by atoms with Crippen molar-refractivity contribution in [3.8, 4) is 5.75 Å². The zero-order valence-corrected chi connectivity index (χ0v) is 20.0. The molecule has 0 amide bonds. The van der Waals surface area contributed by atoms with Crippen molar-refractivity contribution in [1.29, 1.82) is 0 Å². The smallest absolute Gasteiger partial charge is 0.394 e. The number of nitrogens with one attached hydrogen (secondary N) is 1. The van der Waals surface area contributed by atoms with Crippen LogP contribution in [0.2, 0.25) is 0 Å². The van der Waals surface area contributed by atoms with Crippen molar-refractivity contribution in [2.24, 2.45) is 13.0 Å². The molecule has 0 spiro atoms. The average Bonchev–Trinajstić information content (AvgIpc) is 3.14. The predicted octanol–water partition coefficient (Wildman–Crippen LogP) is 4.34. The Kier molecular flexibility index (Phi) is 6.47. The summed E-state index contributed by atoms with van der Waals surface area (Å²) in [4.78, 5) is 26.1. The SMILES string of the molecule is CC(C)Cn1c(=O)n(C)c(=O)c2c(Nc3ccccc3)n(Cc3ccc(OC(C)(F)F)cc3)nc21. The summed E-state index contributed by atoms with van der Waals surface area (Å²) in [6.45, 7) is 5.25. The largest absolute Gasteiger partial charge is 0.433 e. The molecular formula is C25H27F2N5O3. The molecular weight excluding hydrogens is 456 g/mol. The van der Waals surface area contributed by atoms with Crippen LogP contribution in [0.3, 0.4) is 0 Å². The van der Waals surface area contributed by atoms with E-state index in [-0.39, 0.29) is 23.9 Å². The summed E-state index contributed by atoms with van der Waals surface area (Å²) < 4.78 is 35.1. The van der Waals surface area contributed by atoms with Gasteiger partial charge in [0.1, 0.15) is 17.0 Å². The van der Waals surface area contributed by atoms with Crippen LogP contribution in [0.5, 0.6) is 5.75 Å². The van der Waals surface area contributed by atoms with Gasteiger partial charge in [0.25, 0.3) is 5.56 Å². The van der Waals surface area contributed by atoms with Gasteiger partial charge in [-0.3, -0.25) is 13.9 Å². The highest BCUT2D eigenvalue weighted by molar-refractivity contribution is 5.89. The Morgan fingerprint density at radius 1 is 1.06 bits per heavy atom. The van der Waals surface area contributed by atoms with E-state index in [1.165, 1.54) is 23.7 Å². The first-order chi connectivity index (χ1) is 16.5. The first kappa shape index (κ1) is 24.2. The van der Waals surface area contributed by atoms with Crippen LogP contribution in [0.25, 0.3) is 11.0 Å². The molecule has 0 aliphatic heterocycles. The van der Waals surface area contributed by atoms with Gasteiger partial charge in [-0.25, -0.2) is 9.48 Å². The number of alkyl halides is 2. The first-order valence-electron chi connectivity index (χ1n) is 11.2. The van der Waals surface area contributed by atoms with Crippen LogP contribution >= 0.6 is 0 Å². The lowest BCUT2D eigenvalue weighted by Gasteiger charge is -2.14. The Bertz CT molecular complexity index is 1450. The molecule has 10 heteroatoms. The van der Waals surface area contributed by atoms with Crippen LogP contribution in [0.4, 0.5) is 20.3 Å². The third-order valence-electron chi connectivity index (χ3n) is 5.36. The van der Waals surface area contributed by atoms with Crippen molar-refractivity contribution in [2.75, 3.05) is 5.32 Å². The second kappa shape index (κ2) is 9.36. The quantitative estimate of drug-likeness (QED) is 0.403. The van der Waals surface area contributed by atoms with Crippen molar-refractivity contribution >= 4 is 22.5 Å². The van der Waals surface area contributed by atoms with Gasteiger partial charge in [0.2, 0.25) is 0 Å². The molecule has 0 radical (unpaired) electrons. The lowest BCUT2D eigenvalue weighted by molar-refractivity contribution is -0.158. The van der Waals surface area contributed by atoms with Gasteiger partial charge in [-0.2, -0.15) is 13.9 Å². The van der Waals surface area contributed by atoms with E-state index < -0.39 is 17.4 Å². The van der Waals surface area contributed by atoms with Gasteiger partial charge < -0.3 is 10.1 Å². The molecule has 0 atom stereocenters. The van der Waals surface area contributed by atoms with Gasteiger partial charge in [-0.1, -0.05) is 44.2 Å². The third-order valence-corrected chi connectivity index (χ3v) is 5.36. The maximum Gasteiger partial charge on any atom is 0.394 e. The zero-order valence-electron chi connectivity index (χ0n) is 20.0. The number of para-hydroxylation sites is 1. The van der Waals surface area contributed by atoms with E-state index in [0.29, 0.717) is 24.7 Å². The van der Waals surface area contributed by atoms with Crippen LogP contribution in [0, 0.1) is 5.92 Å². The number of hydrogen-bond donors (Lipinski definition) is 1. The molecule has 184 valence electrons. The molecule has 2 aromatic heterocycles. The topological polar surface area (TPSA) is 83.1 Å². The molecule has 2 aromatic carbocycles. The van der Waals surface area contributed by atoms with E-state index >= 15 is 0 Å². The van der Waals surface area contributed by atoms with E-state index in [9.17, 15) is 18.4 Å². The van der Waals surface area contributed by atoms with Gasteiger partial charge in [0.15, 0.2) is 5.65 Å². The lowest BCUT2D eigenvalue weighted by atomic mass is 10.2. The van der Waals surface area contributed by atoms with Crippen LogP contribution in [-0.2, 0) is 20.1 Å². The highest BCUT2D eigenvalue weighted by Gasteiger charge is 2.24. The molecule has 0 aliphatic rings. The van der Waals surface area contributed by atoms with Crippen LogP contribution in [0.1, 0.15) is 26.3 Å². The molecule has 0 fully saturated rings. The summed E-state index contributed by atoms with van der Waals surface area (Å²) in [5.41, 5.74) is 0.886. The molecule has 2 heterocycles. The maximum atomic E-state index is 13.2. The molecule has 0 aliphatic carbocycles. The van der Waals surface area contributed by atoms with E-state index in [1.807, 2.05) is 44.2 Å². The number of nitrogens with zero attached hydrogens (tertiary/aromatic N) is 4. The van der Waals surface area contributed by atoms with Gasteiger partial charge in [0.05, 0.1) is 6.54 Å². The Morgan fingerprint density at radius 2 is 1.71 bits per heavy atom. The average molecular weight is 484 g/mol. The minimum atomic E-state index is -3.28. The maximum absolute atomic E-state index is 13.2. The molecule has 1 N–H and O–H groups in total. The molecule has 8 nitrogen and oxygen atoms in total. The summed E-state index contributed by atoms with van der Waals surface area (Å²) in [6, 6.07) is 15.5. The van der Waals surface area contributed by atoms with Crippen molar-refractivity contribution in [3.63, 3.8) is 0 Å². The van der Waals surface area contributed by atoms with Gasteiger partial charge in [0, 0.05) is 26.2 Å². The monoisotopic (exact) mass is 483 g/mol. The molecule has 0 saturated heterocycles. The Balaban J connectivity index is 1.85. The number of hydrogen-bond acceptors (Lipinski definition) is 5. The van der Waals surface area contributed by atoms with Crippen LogP contribution in [-0.4, -0.2) is 25.0 Å². The fraction of sp³-hybridized carbons (Fsp3) is 0.320. The zero-order chi connectivity index (χ0) is 25.3. The summed E-state index contributed by atoms with van der Waals surface area (Å²) in [5, 5.41) is 8.22. The second-order valence-corrected chi connectivity index (χ2v) is 8.90. The third kappa shape index (κ3) is 5.26. The molecule has 35 heavy (non-hydrogen) atoms. The Morgan fingerprint density at radius 3 is 2.31 bits per heavy atom. The number of aromatic nitrogens is 4. The summed E-state index contributed by atoms with van der Waals surface area (Å²) in [6.07, 6.45) is -3.28. The lowest BCUT2D eigenvalue weighted by Crippen LogP contribution is -2.38. The van der Waals surface area contributed by atoms with E-state index in [2.05, 4.69) is 15.2 Å². The molecule has 0 unspecified atom stereocenters. The van der Waals surface area contributed by atoms with Crippen LogP contribution in [0.15, 0.2) is 64.2 Å². The van der Waals surface area contributed by atoms with Crippen LogP contribution < -0.4 is 21.3 Å². The highest BCUT2D eigenvalue weighted by atomic mass is 19.3. The Labute approximate surface area is 200 Å². The number of benzene rings is 2. The van der Waals surface area contributed by atoms with E-state index in [0.717, 1.165) is 15.8 Å². The number of anilines is 2. The number of rotatable bonds is 8. The fourth-order valence-corrected chi connectivity index (χ4v) is 3.83. The van der Waals surface area contributed by atoms with Crippen molar-refractivity contribution in [2.45, 2.75) is 40.0 Å². The molecule has 4 rings (SSSR count). The summed E-state index contributed by atoms with van der Waals surface area (Å²) in [7, 11) is 1.45. The summed E-state index contributed by atoms with van der Waals surface area (Å²) in [5.74, 6) is 0.618. The number of halogens is 2. The summed E-state index contributed by atoms with van der Waals surface area (Å²) >= 11 is 0. The van der Waals surface area contributed by atoms with Crippen molar-refractivity contribution in [3.05, 3.63) is 81.0 Å². The fourth-order valence-electron chi connectivity index (χ4n) is 3.83. The highest BCUT2D eigenvalue weighted by Crippen LogP contribution is 2.26. The standard InChI is InChI=1S/C25H27F2N5O3/c1-16(2)14-31-22-20(23(33)30(4)24(31)34)21(28-18-8-6-5-7-9-18)32(29-22)15-17-10-12-19(13-11-17)35-25(3,26)27/h5-13,16,28H,14-15H2,1-4H3. The van der Waals surface area contributed by atoms with Gasteiger partial charge >= 0.3 is 11.8 Å². The predicted molar refractivity (Wildman–Crippen MR) is 131 cm³/mol. The van der Waals surface area contributed by atoms with E-state index in [1.54, 1.807) is 16.8 Å². The van der Waals surface area contributed by atoms with Crippen molar-refractivity contribution in [1.82, 2.24) is 18.9 Å². The number of ether oxygens (including phenoxy) is 1. The van der Waals surface area contributed by atoms with Gasteiger partial charge in [-0.05, 0) is 35.7 Å². The first-order valence-corrected chi connectivity index (χ1v) is 11.2. The Hall–Kier alpha value is -3.95. The van der Waals surface area contributed by atoms with Crippen molar-refractivity contribution < 1.29 is 13.5 Å². The van der Waals surface area contributed by atoms with Gasteiger partial charge in [-0.15, -0.1) is 0 Å². The molecule has 0 saturated carbocycles. The normalized spacial score (nSPS) is 11.9. The molecule has 4 aromatic rings. The molecule has 0 bridgehead atoms. The minimum Gasteiger partial charge on any atom is -0.433 e. The van der Waals surface area contributed by atoms with E-state index in [4.69, 9.17) is 0 Å². The number of fused-ring (bicyclic) bond motifs is 1.